The molecule has 1 aromatic rings. The molecular weight excluding hydrogens is 336 g/mol. The van der Waals surface area contributed by atoms with Crippen LogP contribution in [-0.2, 0) is 13.6 Å². The van der Waals surface area contributed by atoms with Crippen molar-refractivity contribution >= 4 is 36.7 Å². The molecule has 1 aromatic carbocycles. The molecule has 1 unspecified atom stereocenters. The zero-order valence-electron chi connectivity index (χ0n) is 11.8. The minimum atomic E-state index is -3.66. The van der Waals surface area contributed by atoms with E-state index in [1.807, 2.05) is 0 Å². The molecule has 1 atom stereocenters. The van der Waals surface area contributed by atoms with Crippen molar-refractivity contribution in [2.75, 3.05) is 13.2 Å². The number of alkyl halides is 2. The molecule has 1 amide bonds. The van der Waals surface area contributed by atoms with Gasteiger partial charge in [0.05, 0.1) is 13.2 Å². The number of amides is 1. The van der Waals surface area contributed by atoms with Crippen LogP contribution in [0, 0.1) is 0 Å². The van der Waals surface area contributed by atoms with Crippen LogP contribution in [0.3, 0.4) is 0 Å². The fraction of sp³-hybridized carbons (Fsp3) is 0.462. The molecule has 1 N–H and O–H groups in total. The predicted octanol–water partition coefficient (Wildman–Crippen LogP) is 3.81. The van der Waals surface area contributed by atoms with Crippen molar-refractivity contribution in [3.05, 3.63) is 35.9 Å². The highest BCUT2D eigenvalue weighted by Gasteiger charge is 2.41. The summed E-state index contributed by atoms with van der Waals surface area (Å²) in [5, 5.41) is 2.53. The summed E-state index contributed by atoms with van der Waals surface area (Å²) in [5.74, 6) is -1.60. The van der Waals surface area contributed by atoms with Gasteiger partial charge in [-0.1, -0.05) is 18.2 Å². The Balaban J connectivity index is 2.96. The number of rotatable bonds is 8. The number of carbonyl (C=O) groups is 1. The Hall–Kier alpha value is -0.580. The average molecular weight is 354 g/mol. The maximum atomic E-state index is 12.7. The average Bonchev–Trinajstić information content (AvgIpc) is 2.45. The molecule has 8 heteroatoms. The van der Waals surface area contributed by atoms with E-state index in [1.54, 1.807) is 44.2 Å². The lowest BCUT2D eigenvalue weighted by Gasteiger charge is -2.27. The minimum absolute atomic E-state index is 0.148. The Kier molecular flexibility index (Phi) is 7.71. The van der Waals surface area contributed by atoms with Crippen molar-refractivity contribution in [1.29, 1.82) is 0 Å². The topological polar surface area (TPSA) is 64.6 Å². The van der Waals surface area contributed by atoms with Gasteiger partial charge in [-0.05, 0) is 26.0 Å². The first-order valence-electron chi connectivity index (χ1n) is 6.47. The third-order valence-electron chi connectivity index (χ3n) is 2.51. The van der Waals surface area contributed by atoms with Gasteiger partial charge < -0.3 is 14.4 Å². The summed E-state index contributed by atoms with van der Waals surface area (Å²) in [6, 6.07) is 8.46. The molecule has 5 nitrogen and oxygen atoms in total. The van der Waals surface area contributed by atoms with Crippen LogP contribution in [0.1, 0.15) is 24.2 Å². The summed E-state index contributed by atoms with van der Waals surface area (Å²) >= 11 is 11.7. The molecule has 0 aliphatic carbocycles. The summed E-state index contributed by atoms with van der Waals surface area (Å²) in [6.45, 7) is 3.63. The normalized spacial score (nSPS) is 13.2. The Morgan fingerprint density at radius 3 is 2.14 bits per heavy atom. The third-order valence-corrected chi connectivity index (χ3v) is 5.71. The van der Waals surface area contributed by atoms with Gasteiger partial charge in [-0.3, -0.25) is 9.36 Å². The molecule has 0 aliphatic rings. The van der Waals surface area contributed by atoms with Crippen LogP contribution in [0.25, 0.3) is 0 Å². The van der Waals surface area contributed by atoms with Gasteiger partial charge in [-0.15, -0.1) is 23.2 Å². The van der Waals surface area contributed by atoms with E-state index in [0.29, 0.717) is 5.56 Å². The van der Waals surface area contributed by atoms with E-state index in [0.717, 1.165) is 0 Å². The van der Waals surface area contributed by atoms with Crippen LogP contribution < -0.4 is 5.32 Å². The number of nitrogens with one attached hydrogen (secondary N) is 1. The molecule has 0 aliphatic heterocycles. The van der Waals surface area contributed by atoms with Crippen molar-refractivity contribution in [2.24, 2.45) is 0 Å². The van der Waals surface area contributed by atoms with Gasteiger partial charge in [0.25, 0.3) is 5.91 Å². The van der Waals surface area contributed by atoms with Gasteiger partial charge in [0.2, 0.25) is 0 Å². The Morgan fingerprint density at radius 1 is 1.19 bits per heavy atom. The summed E-state index contributed by atoms with van der Waals surface area (Å²) in [7, 11) is -3.66. The largest absolute Gasteiger partial charge is 0.355 e. The molecule has 0 bridgehead atoms. The fourth-order valence-corrected chi connectivity index (χ4v) is 4.27. The fourth-order valence-electron chi connectivity index (χ4n) is 1.64. The van der Waals surface area contributed by atoms with Crippen molar-refractivity contribution in [3.63, 3.8) is 0 Å². The van der Waals surface area contributed by atoms with Gasteiger partial charge in [0, 0.05) is 5.56 Å². The lowest BCUT2D eigenvalue weighted by Crippen LogP contribution is -2.40. The SMILES string of the molecule is CCOP(=O)(OCC)C(NC(=O)c1ccccc1)C(Cl)Cl. The molecule has 0 aromatic heterocycles. The second-order valence-electron chi connectivity index (χ2n) is 3.99. The summed E-state index contributed by atoms with van der Waals surface area (Å²) < 4.78 is 23.1. The van der Waals surface area contributed by atoms with Gasteiger partial charge >= 0.3 is 7.60 Å². The zero-order valence-corrected chi connectivity index (χ0v) is 14.2. The lowest BCUT2D eigenvalue weighted by molar-refractivity contribution is 0.0939. The number of carbonyl (C=O) groups excluding carboxylic acids is 1. The Bertz CT molecular complexity index is 488. The second-order valence-corrected chi connectivity index (χ2v) is 7.31. The summed E-state index contributed by atoms with van der Waals surface area (Å²) in [5.41, 5.74) is 0.399. The van der Waals surface area contributed by atoms with E-state index in [4.69, 9.17) is 32.2 Å². The van der Waals surface area contributed by atoms with E-state index in [1.165, 1.54) is 0 Å². The number of hydrogen-bond donors (Lipinski definition) is 1. The molecule has 1 rings (SSSR count). The molecule has 0 heterocycles. The second kappa shape index (κ2) is 8.76. The number of hydrogen-bond acceptors (Lipinski definition) is 4. The highest BCUT2D eigenvalue weighted by atomic mass is 35.5. The zero-order chi connectivity index (χ0) is 15.9. The molecule has 0 spiro atoms. The highest BCUT2D eigenvalue weighted by molar-refractivity contribution is 7.55. The first-order valence-corrected chi connectivity index (χ1v) is 8.96. The summed E-state index contributed by atoms with van der Waals surface area (Å²) in [6.07, 6.45) is 0. The van der Waals surface area contributed by atoms with Crippen molar-refractivity contribution in [2.45, 2.75) is 24.5 Å². The van der Waals surface area contributed by atoms with Gasteiger partial charge in [-0.25, -0.2) is 0 Å². The standard InChI is InChI=1S/C13H18Cl2NO4P/c1-3-19-21(18,20-4-2)13(11(14)15)16-12(17)10-8-6-5-7-9-10/h5-9,11,13H,3-4H2,1-2H3,(H,16,17). The van der Waals surface area contributed by atoms with Gasteiger partial charge in [0.1, 0.15) is 4.84 Å². The molecule has 0 fully saturated rings. The van der Waals surface area contributed by atoms with E-state index in [-0.39, 0.29) is 13.2 Å². The Morgan fingerprint density at radius 2 is 1.71 bits per heavy atom. The monoisotopic (exact) mass is 353 g/mol. The van der Waals surface area contributed by atoms with Crippen LogP contribution in [0.5, 0.6) is 0 Å². The van der Waals surface area contributed by atoms with Crippen LogP contribution in [0.15, 0.2) is 30.3 Å². The van der Waals surface area contributed by atoms with E-state index in [2.05, 4.69) is 5.32 Å². The number of benzene rings is 1. The smallest absolute Gasteiger partial charge is 0.336 e. The van der Waals surface area contributed by atoms with Crippen LogP contribution in [0.2, 0.25) is 0 Å². The lowest BCUT2D eigenvalue weighted by atomic mass is 10.2. The number of halogens is 2. The predicted molar refractivity (Wildman–Crippen MR) is 84.0 cm³/mol. The van der Waals surface area contributed by atoms with Gasteiger partial charge in [0.15, 0.2) is 5.78 Å². The van der Waals surface area contributed by atoms with Crippen molar-refractivity contribution < 1.29 is 18.4 Å². The third kappa shape index (κ3) is 5.28. The van der Waals surface area contributed by atoms with Gasteiger partial charge in [-0.2, -0.15) is 0 Å². The van der Waals surface area contributed by atoms with E-state index in [9.17, 15) is 9.36 Å². The van der Waals surface area contributed by atoms with E-state index < -0.39 is 24.1 Å². The molecule has 0 radical (unpaired) electrons. The molecule has 118 valence electrons. The molecule has 0 saturated carbocycles. The summed E-state index contributed by atoms with van der Waals surface area (Å²) in [4.78, 5) is 11.0. The van der Waals surface area contributed by atoms with Crippen LogP contribution in [0.4, 0.5) is 0 Å². The Labute approximate surface area is 134 Å². The first-order chi connectivity index (χ1) is 9.94. The van der Waals surface area contributed by atoms with E-state index >= 15 is 0 Å². The highest BCUT2D eigenvalue weighted by Crippen LogP contribution is 2.54. The molecule has 0 saturated heterocycles. The first kappa shape index (κ1) is 18.5. The maximum Gasteiger partial charge on any atom is 0.355 e. The van der Waals surface area contributed by atoms with Crippen LogP contribution in [-0.4, -0.2) is 29.7 Å². The van der Waals surface area contributed by atoms with Crippen LogP contribution >= 0.6 is 30.8 Å². The molecular formula is C13H18Cl2NO4P. The quantitative estimate of drug-likeness (QED) is 0.570. The minimum Gasteiger partial charge on any atom is -0.336 e. The maximum absolute atomic E-state index is 12.7. The van der Waals surface area contributed by atoms with Crippen molar-refractivity contribution in [3.8, 4) is 0 Å². The molecule has 21 heavy (non-hydrogen) atoms. The van der Waals surface area contributed by atoms with Crippen molar-refractivity contribution in [1.82, 2.24) is 5.32 Å².